The molecule has 0 aromatic carbocycles. The molecule has 1 atom stereocenters. The van der Waals surface area contributed by atoms with Gasteiger partial charge in [-0.25, -0.2) is 0 Å². The Kier molecular flexibility index (Phi) is 6.65. The average Bonchev–Trinajstić information content (AvgIpc) is 2.45. The van der Waals surface area contributed by atoms with Crippen molar-refractivity contribution in [1.29, 1.82) is 0 Å². The van der Waals surface area contributed by atoms with Crippen molar-refractivity contribution in [1.82, 2.24) is 5.32 Å². The monoisotopic (exact) mass is 255 g/mol. The van der Waals surface area contributed by atoms with Crippen LogP contribution in [0, 0.1) is 11.8 Å². The molecule has 1 aliphatic carbocycles. The van der Waals surface area contributed by atoms with Crippen molar-refractivity contribution >= 4 is 0 Å². The average molecular weight is 255 g/mol. The van der Waals surface area contributed by atoms with Gasteiger partial charge in [-0.1, -0.05) is 40.0 Å². The lowest BCUT2D eigenvalue weighted by Crippen LogP contribution is -2.55. The molecular weight excluding hydrogens is 222 g/mol. The quantitative estimate of drug-likeness (QED) is 0.742. The second kappa shape index (κ2) is 7.49. The molecule has 0 radical (unpaired) electrons. The minimum atomic E-state index is 0.0263. The maximum absolute atomic E-state index is 5.93. The number of ether oxygens (including phenoxy) is 1. The summed E-state index contributed by atoms with van der Waals surface area (Å²) in [5.41, 5.74) is 0.0263. The molecule has 1 N–H and O–H groups in total. The van der Waals surface area contributed by atoms with Gasteiger partial charge in [0.05, 0.1) is 5.60 Å². The van der Waals surface area contributed by atoms with Crippen LogP contribution in [0.15, 0.2) is 0 Å². The Morgan fingerprint density at radius 3 is 2.00 bits per heavy atom. The first-order chi connectivity index (χ1) is 8.67. The molecular formula is C16H33NO. The predicted octanol–water partition coefficient (Wildman–Crippen LogP) is 4.00. The summed E-state index contributed by atoms with van der Waals surface area (Å²) in [5, 5.41) is 3.57. The zero-order valence-electron chi connectivity index (χ0n) is 13.1. The van der Waals surface area contributed by atoms with Crippen LogP contribution in [0.5, 0.6) is 0 Å². The largest absolute Gasteiger partial charge is 0.377 e. The van der Waals surface area contributed by atoms with Crippen molar-refractivity contribution in [3.8, 4) is 0 Å². The van der Waals surface area contributed by atoms with E-state index in [9.17, 15) is 0 Å². The smallest absolute Gasteiger partial charge is 0.0828 e. The molecule has 1 saturated carbocycles. The Hall–Kier alpha value is -0.0800. The van der Waals surface area contributed by atoms with Gasteiger partial charge in [-0.3, -0.25) is 0 Å². The molecule has 0 aliphatic heterocycles. The zero-order valence-corrected chi connectivity index (χ0v) is 13.1. The lowest BCUT2D eigenvalue weighted by molar-refractivity contribution is -0.0666. The van der Waals surface area contributed by atoms with Crippen molar-refractivity contribution in [2.45, 2.75) is 77.4 Å². The molecule has 0 bridgehead atoms. The van der Waals surface area contributed by atoms with Gasteiger partial charge in [-0.2, -0.15) is 0 Å². The van der Waals surface area contributed by atoms with Crippen molar-refractivity contribution in [2.75, 3.05) is 14.2 Å². The second-order valence-electron chi connectivity index (χ2n) is 5.93. The van der Waals surface area contributed by atoms with Gasteiger partial charge >= 0.3 is 0 Å². The van der Waals surface area contributed by atoms with Crippen molar-refractivity contribution in [3.05, 3.63) is 0 Å². The predicted molar refractivity (Wildman–Crippen MR) is 78.9 cm³/mol. The van der Waals surface area contributed by atoms with Crippen molar-refractivity contribution in [2.24, 2.45) is 11.8 Å². The standard InChI is InChI=1S/C16H33NO/c1-6-13-9-11-14(12-10-13)15(17-4)16(7-2,8-3)18-5/h13-15,17H,6-12H2,1-5H3. The van der Waals surface area contributed by atoms with E-state index in [0.717, 1.165) is 24.7 Å². The molecule has 0 heterocycles. The number of nitrogens with one attached hydrogen (secondary N) is 1. The third-order valence-corrected chi connectivity index (χ3v) is 5.42. The molecule has 18 heavy (non-hydrogen) atoms. The molecule has 1 fully saturated rings. The van der Waals surface area contributed by atoms with Crippen LogP contribution in [-0.2, 0) is 4.74 Å². The summed E-state index contributed by atoms with van der Waals surface area (Å²) in [4.78, 5) is 0. The lowest BCUT2D eigenvalue weighted by Gasteiger charge is -2.44. The molecule has 0 amide bonds. The molecule has 0 saturated heterocycles. The van der Waals surface area contributed by atoms with Crippen LogP contribution >= 0.6 is 0 Å². The van der Waals surface area contributed by atoms with Crippen molar-refractivity contribution in [3.63, 3.8) is 0 Å². The Morgan fingerprint density at radius 2 is 1.67 bits per heavy atom. The van der Waals surface area contributed by atoms with Gasteiger partial charge in [0.1, 0.15) is 0 Å². The highest BCUT2D eigenvalue weighted by Crippen LogP contribution is 2.38. The van der Waals surface area contributed by atoms with E-state index in [1.807, 2.05) is 7.11 Å². The van der Waals surface area contributed by atoms with E-state index >= 15 is 0 Å². The summed E-state index contributed by atoms with van der Waals surface area (Å²) in [6.45, 7) is 6.85. The third-order valence-electron chi connectivity index (χ3n) is 5.42. The van der Waals surface area contributed by atoms with Gasteiger partial charge in [0.2, 0.25) is 0 Å². The summed E-state index contributed by atoms with van der Waals surface area (Å²) in [5.74, 6) is 1.76. The van der Waals surface area contributed by atoms with E-state index in [1.54, 1.807) is 0 Å². The Bertz CT molecular complexity index is 209. The topological polar surface area (TPSA) is 21.3 Å². The molecule has 1 aliphatic rings. The van der Waals surface area contributed by atoms with E-state index in [1.165, 1.54) is 32.1 Å². The van der Waals surface area contributed by atoms with Crippen LogP contribution in [0.1, 0.15) is 65.7 Å². The van der Waals surface area contributed by atoms with Gasteiger partial charge in [0.25, 0.3) is 0 Å². The molecule has 0 aromatic heterocycles. The van der Waals surface area contributed by atoms with E-state index in [4.69, 9.17) is 4.74 Å². The van der Waals surface area contributed by atoms with Crippen LogP contribution in [-0.4, -0.2) is 25.8 Å². The van der Waals surface area contributed by atoms with Gasteiger partial charge in [0.15, 0.2) is 0 Å². The first kappa shape index (κ1) is 16.0. The number of methoxy groups -OCH3 is 1. The fourth-order valence-electron chi connectivity index (χ4n) is 3.96. The molecule has 0 spiro atoms. The molecule has 2 heteroatoms. The number of hydrogen-bond acceptors (Lipinski definition) is 2. The third kappa shape index (κ3) is 3.27. The highest BCUT2D eigenvalue weighted by molar-refractivity contribution is 4.96. The van der Waals surface area contributed by atoms with Crippen molar-refractivity contribution < 1.29 is 4.74 Å². The SMILES string of the molecule is CCC1CCC(C(NC)C(CC)(CC)OC)CC1. The van der Waals surface area contributed by atoms with E-state index in [2.05, 4.69) is 33.1 Å². The van der Waals surface area contributed by atoms with Gasteiger partial charge in [-0.05, 0) is 44.6 Å². The van der Waals surface area contributed by atoms with Crippen LogP contribution in [0.2, 0.25) is 0 Å². The van der Waals surface area contributed by atoms with Crippen LogP contribution in [0.4, 0.5) is 0 Å². The minimum absolute atomic E-state index is 0.0263. The lowest BCUT2D eigenvalue weighted by atomic mass is 9.71. The molecule has 108 valence electrons. The van der Waals surface area contributed by atoms with Crippen LogP contribution < -0.4 is 5.32 Å². The summed E-state index contributed by atoms with van der Waals surface area (Å²) in [6.07, 6.45) is 9.11. The van der Waals surface area contributed by atoms with Gasteiger partial charge in [-0.15, -0.1) is 0 Å². The fourth-order valence-corrected chi connectivity index (χ4v) is 3.96. The van der Waals surface area contributed by atoms with Crippen LogP contribution in [0.3, 0.4) is 0 Å². The molecule has 1 unspecified atom stereocenters. The Labute approximate surface area is 114 Å². The molecule has 1 rings (SSSR count). The van der Waals surface area contributed by atoms with Gasteiger partial charge in [0, 0.05) is 13.2 Å². The van der Waals surface area contributed by atoms with E-state index < -0.39 is 0 Å². The Morgan fingerprint density at radius 1 is 1.11 bits per heavy atom. The van der Waals surface area contributed by atoms with E-state index in [0.29, 0.717) is 6.04 Å². The van der Waals surface area contributed by atoms with E-state index in [-0.39, 0.29) is 5.60 Å². The summed E-state index contributed by atoms with van der Waals surface area (Å²) >= 11 is 0. The maximum Gasteiger partial charge on any atom is 0.0828 e. The first-order valence-corrected chi connectivity index (χ1v) is 7.89. The number of hydrogen-bond donors (Lipinski definition) is 1. The molecule has 0 aromatic rings. The minimum Gasteiger partial charge on any atom is -0.377 e. The second-order valence-corrected chi connectivity index (χ2v) is 5.93. The normalized spacial score (nSPS) is 27.2. The summed E-state index contributed by atoms with van der Waals surface area (Å²) in [6, 6.07) is 0.510. The summed E-state index contributed by atoms with van der Waals surface area (Å²) < 4.78 is 5.93. The van der Waals surface area contributed by atoms with Crippen LogP contribution in [0.25, 0.3) is 0 Å². The van der Waals surface area contributed by atoms with Gasteiger partial charge < -0.3 is 10.1 Å². The highest BCUT2D eigenvalue weighted by Gasteiger charge is 2.40. The zero-order chi connectivity index (χ0) is 13.6. The molecule has 2 nitrogen and oxygen atoms in total. The summed E-state index contributed by atoms with van der Waals surface area (Å²) in [7, 11) is 3.99. The number of likely N-dealkylation sites (N-methyl/N-ethyl adjacent to an activating group) is 1. The first-order valence-electron chi connectivity index (χ1n) is 7.89. The fraction of sp³-hybridized carbons (Fsp3) is 1.00. The maximum atomic E-state index is 5.93. The number of rotatable bonds is 7. The Balaban J connectivity index is 2.71. The highest BCUT2D eigenvalue weighted by atomic mass is 16.5.